The minimum absolute atomic E-state index is 0.671. The van der Waals surface area contributed by atoms with Gasteiger partial charge in [-0.25, -0.2) is 0 Å². The SMILES string of the molecule is CCOCc1ccc(CNC(=NC)N2CCN(Cc3ccon3)CC2)cc1. The molecule has 0 amide bonds. The monoisotopic (exact) mass is 371 g/mol. The van der Waals surface area contributed by atoms with E-state index >= 15 is 0 Å². The Kier molecular flexibility index (Phi) is 7.24. The van der Waals surface area contributed by atoms with Gasteiger partial charge in [0, 0.05) is 59.0 Å². The van der Waals surface area contributed by atoms with E-state index in [2.05, 4.69) is 49.5 Å². The summed E-state index contributed by atoms with van der Waals surface area (Å²) in [5.41, 5.74) is 3.42. The van der Waals surface area contributed by atoms with E-state index in [1.807, 2.05) is 20.0 Å². The van der Waals surface area contributed by atoms with E-state index in [0.717, 1.165) is 57.5 Å². The summed E-state index contributed by atoms with van der Waals surface area (Å²) in [4.78, 5) is 9.15. The number of nitrogens with one attached hydrogen (secondary N) is 1. The lowest BCUT2D eigenvalue weighted by atomic mass is 10.1. The molecule has 0 atom stereocenters. The third-order valence-electron chi connectivity index (χ3n) is 4.71. The second kappa shape index (κ2) is 10.1. The van der Waals surface area contributed by atoms with Gasteiger partial charge in [-0.1, -0.05) is 29.4 Å². The molecular weight excluding hydrogens is 342 g/mol. The summed E-state index contributed by atoms with van der Waals surface area (Å²) in [6.07, 6.45) is 1.63. The fraction of sp³-hybridized carbons (Fsp3) is 0.500. The molecule has 1 aromatic carbocycles. The number of nitrogens with zero attached hydrogens (tertiary/aromatic N) is 4. The number of hydrogen-bond acceptors (Lipinski definition) is 5. The van der Waals surface area contributed by atoms with E-state index in [1.165, 1.54) is 11.1 Å². The molecule has 7 heteroatoms. The van der Waals surface area contributed by atoms with Crippen molar-refractivity contribution < 1.29 is 9.26 Å². The highest BCUT2D eigenvalue weighted by Gasteiger charge is 2.20. The van der Waals surface area contributed by atoms with Crippen molar-refractivity contribution in [3.8, 4) is 0 Å². The average molecular weight is 371 g/mol. The molecule has 0 aliphatic carbocycles. The molecule has 1 fully saturated rings. The van der Waals surface area contributed by atoms with Crippen LogP contribution in [-0.4, -0.2) is 60.7 Å². The van der Waals surface area contributed by atoms with Crippen LogP contribution in [0.1, 0.15) is 23.7 Å². The van der Waals surface area contributed by atoms with Gasteiger partial charge in [0.2, 0.25) is 0 Å². The van der Waals surface area contributed by atoms with Crippen molar-refractivity contribution in [3.63, 3.8) is 0 Å². The maximum absolute atomic E-state index is 5.44. The van der Waals surface area contributed by atoms with Gasteiger partial charge >= 0.3 is 0 Å². The van der Waals surface area contributed by atoms with Crippen molar-refractivity contribution in [2.24, 2.45) is 4.99 Å². The summed E-state index contributed by atoms with van der Waals surface area (Å²) in [6, 6.07) is 10.5. The van der Waals surface area contributed by atoms with E-state index in [9.17, 15) is 0 Å². The smallest absolute Gasteiger partial charge is 0.194 e. The highest BCUT2D eigenvalue weighted by molar-refractivity contribution is 5.80. The minimum atomic E-state index is 0.671. The number of aromatic nitrogens is 1. The van der Waals surface area contributed by atoms with Crippen LogP contribution in [-0.2, 0) is 24.4 Å². The number of ether oxygens (including phenoxy) is 1. The van der Waals surface area contributed by atoms with Crippen molar-refractivity contribution in [3.05, 3.63) is 53.4 Å². The zero-order valence-electron chi connectivity index (χ0n) is 16.2. The third kappa shape index (κ3) is 5.80. The lowest BCUT2D eigenvalue weighted by Gasteiger charge is -2.36. The predicted molar refractivity (Wildman–Crippen MR) is 105 cm³/mol. The zero-order chi connectivity index (χ0) is 18.9. The van der Waals surface area contributed by atoms with Gasteiger partial charge in [-0.2, -0.15) is 0 Å². The summed E-state index contributed by atoms with van der Waals surface area (Å²) < 4.78 is 10.4. The van der Waals surface area contributed by atoms with E-state index < -0.39 is 0 Å². The first kappa shape index (κ1) is 19.4. The number of hydrogen-bond donors (Lipinski definition) is 1. The topological polar surface area (TPSA) is 66.1 Å². The summed E-state index contributed by atoms with van der Waals surface area (Å²) in [5.74, 6) is 0.953. The fourth-order valence-electron chi connectivity index (χ4n) is 3.15. The Morgan fingerprint density at radius 2 is 1.89 bits per heavy atom. The molecule has 3 rings (SSSR count). The van der Waals surface area contributed by atoms with E-state index in [1.54, 1.807) is 6.26 Å². The molecule has 1 aliphatic rings. The first-order valence-corrected chi connectivity index (χ1v) is 9.51. The molecule has 1 aromatic heterocycles. The first-order valence-electron chi connectivity index (χ1n) is 9.51. The van der Waals surface area contributed by atoms with Crippen molar-refractivity contribution >= 4 is 5.96 Å². The molecule has 2 aromatic rings. The quantitative estimate of drug-likeness (QED) is 0.594. The van der Waals surface area contributed by atoms with Crippen LogP contribution in [0.2, 0.25) is 0 Å². The molecule has 1 saturated heterocycles. The van der Waals surface area contributed by atoms with Gasteiger partial charge in [-0.05, 0) is 18.1 Å². The maximum Gasteiger partial charge on any atom is 0.194 e. The van der Waals surface area contributed by atoms with Gasteiger partial charge in [0.15, 0.2) is 5.96 Å². The molecule has 146 valence electrons. The molecule has 0 bridgehead atoms. The van der Waals surface area contributed by atoms with Crippen LogP contribution < -0.4 is 5.32 Å². The van der Waals surface area contributed by atoms with Gasteiger partial charge in [0.1, 0.15) is 6.26 Å². The van der Waals surface area contributed by atoms with Crippen LogP contribution in [0.3, 0.4) is 0 Å². The number of aliphatic imine (C=N–C) groups is 1. The zero-order valence-corrected chi connectivity index (χ0v) is 16.2. The average Bonchev–Trinajstić information content (AvgIpc) is 3.22. The fourth-order valence-corrected chi connectivity index (χ4v) is 3.15. The van der Waals surface area contributed by atoms with Gasteiger partial charge in [-0.3, -0.25) is 9.89 Å². The van der Waals surface area contributed by atoms with E-state index in [0.29, 0.717) is 6.61 Å². The molecule has 2 heterocycles. The van der Waals surface area contributed by atoms with Crippen LogP contribution in [0, 0.1) is 0 Å². The van der Waals surface area contributed by atoms with Crippen molar-refractivity contribution in [1.29, 1.82) is 0 Å². The standard InChI is InChI=1S/C20H29N5O2/c1-3-26-16-18-6-4-17(5-7-18)14-22-20(21-2)25-11-9-24(10-12-25)15-19-8-13-27-23-19/h4-8,13H,3,9-12,14-16H2,1-2H3,(H,21,22). The Labute approximate surface area is 161 Å². The molecule has 27 heavy (non-hydrogen) atoms. The van der Waals surface area contributed by atoms with Gasteiger partial charge in [0.25, 0.3) is 0 Å². The van der Waals surface area contributed by atoms with Crippen molar-refractivity contribution in [2.75, 3.05) is 39.8 Å². The van der Waals surface area contributed by atoms with Gasteiger partial charge in [0.05, 0.1) is 12.3 Å². The molecule has 7 nitrogen and oxygen atoms in total. The summed E-state index contributed by atoms with van der Waals surface area (Å²) in [7, 11) is 1.84. The summed E-state index contributed by atoms with van der Waals surface area (Å²) >= 11 is 0. The Balaban J connectivity index is 1.44. The Bertz CT molecular complexity index is 692. The van der Waals surface area contributed by atoms with Crippen LogP contribution >= 0.6 is 0 Å². The normalized spacial score (nSPS) is 15.9. The lowest BCUT2D eigenvalue weighted by molar-refractivity contribution is 0.134. The second-order valence-electron chi connectivity index (χ2n) is 6.61. The molecule has 0 saturated carbocycles. The van der Waals surface area contributed by atoms with Crippen LogP contribution in [0.5, 0.6) is 0 Å². The Morgan fingerprint density at radius 3 is 2.52 bits per heavy atom. The van der Waals surface area contributed by atoms with Crippen LogP contribution in [0.15, 0.2) is 46.1 Å². The van der Waals surface area contributed by atoms with Gasteiger partial charge in [-0.15, -0.1) is 0 Å². The van der Waals surface area contributed by atoms with Crippen molar-refractivity contribution in [2.45, 2.75) is 26.6 Å². The number of benzene rings is 1. The number of piperazine rings is 1. The Morgan fingerprint density at radius 1 is 1.15 bits per heavy atom. The molecule has 0 spiro atoms. The molecular formula is C20H29N5O2. The van der Waals surface area contributed by atoms with Crippen LogP contribution in [0.4, 0.5) is 0 Å². The third-order valence-corrected chi connectivity index (χ3v) is 4.71. The molecule has 0 radical (unpaired) electrons. The number of guanidine groups is 1. The van der Waals surface area contributed by atoms with Crippen LogP contribution in [0.25, 0.3) is 0 Å². The highest BCUT2D eigenvalue weighted by atomic mass is 16.5. The summed E-state index contributed by atoms with van der Waals surface area (Å²) in [6.45, 7) is 8.90. The molecule has 1 aliphatic heterocycles. The molecule has 0 unspecified atom stereocenters. The number of rotatable bonds is 7. The predicted octanol–water partition coefficient (Wildman–Crippen LogP) is 2.10. The minimum Gasteiger partial charge on any atom is -0.377 e. The van der Waals surface area contributed by atoms with E-state index in [-0.39, 0.29) is 0 Å². The lowest BCUT2D eigenvalue weighted by Crippen LogP contribution is -2.52. The molecule has 1 N–H and O–H groups in total. The second-order valence-corrected chi connectivity index (χ2v) is 6.61. The van der Waals surface area contributed by atoms with E-state index in [4.69, 9.17) is 9.26 Å². The summed E-state index contributed by atoms with van der Waals surface area (Å²) in [5, 5.41) is 7.47. The van der Waals surface area contributed by atoms with Crippen molar-refractivity contribution in [1.82, 2.24) is 20.3 Å². The van der Waals surface area contributed by atoms with Gasteiger partial charge < -0.3 is 19.5 Å². The maximum atomic E-state index is 5.44. The first-order chi connectivity index (χ1) is 13.3. The largest absolute Gasteiger partial charge is 0.377 e. The Hall–Kier alpha value is -2.38. The highest BCUT2D eigenvalue weighted by Crippen LogP contribution is 2.09.